The minimum absolute atomic E-state index is 0.0301. The van der Waals surface area contributed by atoms with Crippen LogP contribution in [0, 0.1) is 0 Å². The minimum Gasteiger partial charge on any atom is -0.497 e. The summed E-state index contributed by atoms with van der Waals surface area (Å²) in [6.07, 6.45) is 0. The van der Waals surface area contributed by atoms with E-state index < -0.39 is 0 Å². The zero-order chi connectivity index (χ0) is 21.9. The highest BCUT2D eigenvalue weighted by Crippen LogP contribution is 2.32. The number of nitrogens with zero attached hydrogens (tertiary/aromatic N) is 2. The van der Waals surface area contributed by atoms with E-state index in [4.69, 9.17) is 13.9 Å². The molecule has 1 saturated heterocycles. The number of anilines is 2. The summed E-state index contributed by atoms with van der Waals surface area (Å²) in [7, 11) is 1.63. The predicted octanol–water partition coefficient (Wildman–Crippen LogP) is 4.72. The Morgan fingerprint density at radius 2 is 1.81 bits per heavy atom. The Bertz CT molecular complexity index is 1240. The molecule has 5 rings (SSSR count). The molecule has 2 heterocycles. The molecule has 0 unspecified atom stereocenters. The Kier molecular flexibility index (Phi) is 5.47. The van der Waals surface area contributed by atoms with Gasteiger partial charge in [-0.15, -0.1) is 0 Å². The van der Waals surface area contributed by atoms with Crippen molar-refractivity contribution >= 4 is 28.7 Å². The average Bonchev–Trinajstić information content (AvgIpc) is 3.27. The first-order valence-electron chi connectivity index (χ1n) is 10.5. The molecule has 0 spiro atoms. The van der Waals surface area contributed by atoms with E-state index in [1.807, 2.05) is 71.6 Å². The highest BCUT2D eigenvalue weighted by Gasteiger charge is 2.19. The zero-order valence-corrected chi connectivity index (χ0v) is 17.7. The number of aromatic nitrogens is 1. The number of hydrogen-bond donors (Lipinski definition) is 1. The van der Waals surface area contributed by atoms with Gasteiger partial charge in [0.05, 0.1) is 20.3 Å². The fourth-order valence-corrected chi connectivity index (χ4v) is 3.80. The van der Waals surface area contributed by atoms with Crippen molar-refractivity contribution in [3.63, 3.8) is 0 Å². The lowest BCUT2D eigenvalue weighted by Gasteiger charge is -2.26. The summed E-state index contributed by atoms with van der Waals surface area (Å²) in [6, 6.07) is 21.4. The van der Waals surface area contributed by atoms with Gasteiger partial charge >= 0.3 is 0 Å². The Hall–Kier alpha value is -3.84. The molecule has 1 aliphatic heterocycles. The van der Waals surface area contributed by atoms with E-state index in [9.17, 15) is 4.79 Å². The Morgan fingerprint density at radius 3 is 2.59 bits per heavy atom. The van der Waals surface area contributed by atoms with Crippen LogP contribution in [0.15, 0.2) is 71.1 Å². The van der Waals surface area contributed by atoms with E-state index in [1.165, 1.54) is 0 Å². The summed E-state index contributed by atoms with van der Waals surface area (Å²) in [5.74, 6) is 0.779. The predicted molar refractivity (Wildman–Crippen MR) is 122 cm³/mol. The molecular formula is C25H23N3O4. The highest BCUT2D eigenvalue weighted by molar-refractivity contribution is 5.96. The van der Waals surface area contributed by atoms with Crippen molar-refractivity contribution in [1.82, 2.24) is 9.88 Å². The second-order valence-electron chi connectivity index (χ2n) is 7.51. The fraction of sp³-hybridized carbons (Fsp3) is 0.200. The number of carbonyl (C=O) groups excluding carboxylic acids is 1. The standard InChI is InChI=1S/C25H23N3O4/c1-30-20-5-2-4-19(16-20)26-25-27-22-7-3-6-21(23(22)32-25)17-8-10-18(11-9-17)24(29)28-12-14-31-15-13-28/h2-11,16H,12-15H2,1H3,(H,26,27). The quantitative estimate of drug-likeness (QED) is 0.495. The first kappa shape index (κ1) is 20.1. The molecular weight excluding hydrogens is 406 g/mol. The Balaban J connectivity index is 1.41. The number of rotatable bonds is 5. The molecule has 1 aromatic heterocycles. The van der Waals surface area contributed by atoms with Crippen molar-refractivity contribution in [2.24, 2.45) is 0 Å². The Labute approximate surface area is 185 Å². The molecule has 7 heteroatoms. The van der Waals surface area contributed by atoms with Crippen LogP contribution in [0.3, 0.4) is 0 Å². The summed E-state index contributed by atoms with van der Waals surface area (Å²) < 4.78 is 16.7. The maximum atomic E-state index is 12.7. The molecule has 1 amide bonds. The van der Waals surface area contributed by atoms with Crippen LogP contribution in [-0.4, -0.2) is 49.2 Å². The van der Waals surface area contributed by atoms with Gasteiger partial charge in [-0.05, 0) is 35.9 Å². The van der Waals surface area contributed by atoms with E-state index in [-0.39, 0.29) is 5.91 Å². The number of para-hydroxylation sites is 1. The summed E-state index contributed by atoms with van der Waals surface area (Å²) in [4.78, 5) is 19.1. The lowest BCUT2D eigenvalue weighted by atomic mass is 10.0. The van der Waals surface area contributed by atoms with Crippen molar-refractivity contribution in [1.29, 1.82) is 0 Å². The number of hydrogen-bond acceptors (Lipinski definition) is 6. The third-order valence-electron chi connectivity index (χ3n) is 5.48. The first-order valence-corrected chi connectivity index (χ1v) is 10.5. The van der Waals surface area contributed by atoms with Gasteiger partial charge in [0.2, 0.25) is 0 Å². The second-order valence-corrected chi connectivity index (χ2v) is 7.51. The van der Waals surface area contributed by atoms with E-state index in [1.54, 1.807) is 7.11 Å². The smallest absolute Gasteiger partial charge is 0.300 e. The number of benzene rings is 3. The Morgan fingerprint density at radius 1 is 1.03 bits per heavy atom. The lowest BCUT2D eigenvalue weighted by Crippen LogP contribution is -2.40. The topological polar surface area (TPSA) is 76.8 Å². The van der Waals surface area contributed by atoms with Crippen LogP contribution < -0.4 is 10.1 Å². The number of amides is 1. The van der Waals surface area contributed by atoms with Crippen molar-refractivity contribution in [2.45, 2.75) is 0 Å². The lowest BCUT2D eigenvalue weighted by molar-refractivity contribution is 0.0303. The molecule has 0 aliphatic carbocycles. The number of fused-ring (bicyclic) bond motifs is 1. The van der Waals surface area contributed by atoms with Gasteiger partial charge in [0.25, 0.3) is 11.9 Å². The maximum Gasteiger partial charge on any atom is 0.300 e. The van der Waals surface area contributed by atoms with Crippen LogP contribution in [-0.2, 0) is 4.74 Å². The monoisotopic (exact) mass is 429 g/mol. The van der Waals surface area contributed by atoms with Crippen molar-refractivity contribution in [2.75, 3.05) is 38.7 Å². The van der Waals surface area contributed by atoms with E-state index in [0.29, 0.717) is 43.5 Å². The van der Waals surface area contributed by atoms with Gasteiger partial charge in [0.15, 0.2) is 5.58 Å². The van der Waals surface area contributed by atoms with Gasteiger partial charge in [0, 0.05) is 36.0 Å². The van der Waals surface area contributed by atoms with Gasteiger partial charge in [-0.1, -0.05) is 30.3 Å². The third kappa shape index (κ3) is 4.02. The van der Waals surface area contributed by atoms with Gasteiger partial charge < -0.3 is 24.1 Å². The van der Waals surface area contributed by atoms with E-state index in [0.717, 1.165) is 28.1 Å². The normalized spacial score (nSPS) is 13.8. The molecule has 3 aromatic carbocycles. The molecule has 4 aromatic rings. The molecule has 1 aliphatic rings. The summed E-state index contributed by atoms with van der Waals surface area (Å²) >= 11 is 0. The van der Waals surface area contributed by atoms with Crippen LogP contribution in [0.1, 0.15) is 10.4 Å². The molecule has 0 atom stereocenters. The van der Waals surface area contributed by atoms with E-state index in [2.05, 4.69) is 10.3 Å². The fourth-order valence-electron chi connectivity index (χ4n) is 3.80. The first-order chi connectivity index (χ1) is 15.7. The maximum absolute atomic E-state index is 12.7. The van der Waals surface area contributed by atoms with Gasteiger partial charge in [-0.3, -0.25) is 4.79 Å². The number of morpholine rings is 1. The van der Waals surface area contributed by atoms with Crippen molar-refractivity contribution in [3.05, 3.63) is 72.3 Å². The van der Waals surface area contributed by atoms with Crippen LogP contribution in [0.4, 0.5) is 11.7 Å². The van der Waals surface area contributed by atoms with Gasteiger partial charge in [-0.2, -0.15) is 4.98 Å². The SMILES string of the molecule is COc1cccc(Nc2nc3cccc(-c4ccc(C(=O)N5CCOCC5)cc4)c3o2)c1. The molecule has 32 heavy (non-hydrogen) atoms. The van der Waals surface area contributed by atoms with Crippen LogP contribution >= 0.6 is 0 Å². The summed E-state index contributed by atoms with van der Waals surface area (Å²) in [5.41, 5.74) is 4.80. The third-order valence-corrected chi connectivity index (χ3v) is 5.48. The summed E-state index contributed by atoms with van der Waals surface area (Å²) in [5, 5.41) is 3.19. The van der Waals surface area contributed by atoms with Gasteiger partial charge in [-0.25, -0.2) is 0 Å². The number of nitrogens with one attached hydrogen (secondary N) is 1. The highest BCUT2D eigenvalue weighted by atomic mass is 16.5. The summed E-state index contributed by atoms with van der Waals surface area (Å²) in [6.45, 7) is 2.43. The van der Waals surface area contributed by atoms with Crippen LogP contribution in [0.5, 0.6) is 5.75 Å². The largest absolute Gasteiger partial charge is 0.497 e. The molecule has 1 fully saturated rings. The molecule has 162 valence electrons. The van der Waals surface area contributed by atoms with Crippen LogP contribution in [0.2, 0.25) is 0 Å². The number of carbonyl (C=O) groups is 1. The van der Waals surface area contributed by atoms with Crippen molar-refractivity contribution in [3.8, 4) is 16.9 Å². The zero-order valence-electron chi connectivity index (χ0n) is 17.7. The van der Waals surface area contributed by atoms with Crippen molar-refractivity contribution < 1.29 is 18.7 Å². The number of methoxy groups -OCH3 is 1. The minimum atomic E-state index is 0.0301. The average molecular weight is 429 g/mol. The molecule has 7 nitrogen and oxygen atoms in total. The number of ether oxygens (including phenoxy) is 2. The number of oxazole rings is 1. The van der Waals surface area contributed by atoms with Gasteiger partial charge in [0.1, 0.15) is 11.3 Å². The molecule has 0 saturated carbocycles. The van der Waals surface area contributed by atoms with Crippen LogP contribution in [0.25, 0.3) is 22.2 Å². The van der Waals surface area contributed by atoms with E-state index >= 15 is 0 Å². The molecule has 0 radical (unpaired) electrons. The molecule has 1 N–H and O–H groups in total. The molecule has 0 bridgehead atoms. The second kappa shape index (κ2) is 8.72.